The summed E-state index contributed by atoms with van der Waals surface area (Å²) in [6, 6.07) is 0.0452. The largest absolute Gasteiger partial charge is 0.466 e. The van der Waals surface area contributed by atoms with Crippen molar-refractivity contribution >= 4 is 23.1 Å². The Morgan fingerprint density at radius 3 is 2.69 bits per heavy atom. The predicted octanol–water partition coefficient (Wildman–Crippen LogP) is 1.13. The molecule has 1 saturated heterocycles. The molecule has 0 amide bonds. The van der Waals surface area contributed by atoms with Crippen molar-refractivity contribution in [2.45, 2.75) is 65.6 Å². The van der Waals surface area contributed by atoms with Crippen LogP contribution in [0.15, 0.2) is 21.2 Å². The Labute approximate surface area is 187 Å². The lowest BCUT2D eigenvalue weighted by atomic mass is 10.1. The fourth-order valence-electron chi connectivity index (χ4n) is 4.05. The number of aryl methyl sites for hydroxylation is 1. The van der Waals surface area contributed by atoms with Crippen LogP contribution < -0.4 is 21.9 Å². The van der Waals surface area contributed by atoms with Crippen LogP contribution in [0.25, 0.3) is 11.2 Å². The number of carbonyl (C=O) groups excluding carboxylic acids is 1. The van der Waals surface area contributed by atoms with Crippen LogP contribution in [0, 0.1) is 0 Å². The maximum absolute atomic E-state index is 13.4. The summed E-state index contributed by atoms with van der Waals surface area (Å²) in [5.74, 6) is 0.319. The first-order valence-corrected chi connectivity index (χ1v) is 11.2. The molecular weight excluding hydrogens is 412 g/mol. The minimum atomic E-state index is -0.444. The summed E-state index contributed by atoms with van der Waals surface area (Å²) in [7, 11) is 1.62. The van der Waals surface area contributed by atoms with Gasteiger partial charge in [0, 0.05) is 45.7 Å². The molecule has 2 N–H and O–H groups in total. The van der Waals surface area contributed by atoms with E-state index in [0.29, 0.717) is 43.2 Å². The summed E-state index contributed by atoms with van der Waals surface area (Å²) in [6.07, 6.45) is 4.43. The molecule has 0 radical (unpaired) electrons. The molecule has 0 aliphatic carbocycles. The average Bonchev–Trinajstić information content (AvgIpc) is 3.13. The number of allylic oxidation sites excluding steroid dienone is 2. The number of rotatable bonds is 8. The molecule has 1 fully saturated rings. The van der Waals surface area contributed by atoms with Gasteiger partial charge in [0.25, 0.3) is 5.56 Å². The number of piperidine rings is 1. The van der Waals surface area contributed by atoms with Gasteiger partial charge < -0.3 is 19.9 Å². The van der Waals surface area contributed by atoms with Crippen molar-refractivity contribution in [1.82, 2.24) is 18.7 Å². The van der Waals surface area contributed by atoms with E-state index in [-0.39, 0.29) is 25.0 Å². The third kappa shape index (κ3) is 4.95. The molecule has 0 bridgehead atoms. The van der Waals surface area contributed by atoms with Crippen LogP contribution in [-0.2, 0) is 29.7 Å². The maximum atomic E-state index is 13.4. The van der Waals surface area contributed by atoms with E-state index in [9.17, 15) is 14.4 Å². The monoisotopic (exact) mass is 446 g/mol. The summed E-state index contributed by atoms with van der Waals surface area (Å²) in [4.78, 5) is 44.9. The van der Waals surface area contributed by atoms with Gasteiger partial charge in [-0.1, -0.05) is 11.6 Å². The number of aromatic nitrogens is 4. The summed E-state index contributed by atoms with van der Waals surface area (Å²) in [5.41, 5.74) is 7.21. The topological polar surface area (TPSA) is 117 Å². The first kappa shape index (κ1) is 23.8. The zero-order chi connectivity index (χ0) is 23.4. The fraction of sp³-hybridized carbons (Fsp3) is 0.636. The van der Waals surface area contributed by atoms with Crippen molar-refractivity contribution in [3.8, 4) is 0 Å². The molecule has 1 aliphatic rings. The lowest BCUT2D eigenvalue weighted by Crippen LogP contribution is -2.44. The van der Waals surface area contributed by atoms with Crippen molar-refractivity contribution < 1.29 is 9.53 Å². The lowest BCUT2D eigenvalue weighted by molar-refractivity contribution is -0.143. The quantitative estimate of drug-likeness (QED) is 0.477. The molecule has 0 saturated carbocycles. The standard InChI is InChI=1S/C22H34N6O4/c1-5-32-17(29)9-7-12-28-20(30)18-19(25(4)22(28)31)24-21(27(18)13-10-15(2)3)26-11-6-8-16(23)14-26/h10,16H,5-9,11-14,23H2,1-4H3. The second kappa shape index (κ2) is 10.2. The van der Waals surface area contributed by atoms with Crippen molar-refractivity contribution in [1.29, 1.82) is 0 Å². The van der Waals surface area contributed by atoms with E-state index in [1.165, 1.54) is 9.13 Å². The normalized spacial score (nSPS) is 16.4. The van der Waals surface area contributed by atoms with Crippen molar-refractivity contribution in [2.75, 3.05) is 24.6 Å². The van der Waals surface area contributed by atoms with Gasteiger partial charge in [-0.25, -0.2) is 4.79 Å². The molecule has 10 heteroatoms. The minimum Gasteiger partial charge on any atom is -0.466 e. The number of esters is 1. The summed E-state index contributed by atoms with van der Waals surface area (Å²) < 4.78 is 9.42. The maximum Gasteiger partial charge on any atom is 0.332 e. The number of nitrogens with zero attached hydrogens (tertiary/aromatic N) is 5. The first-order valence-electron chi connectivity index (χ1n) is 11.2. The van der Waals surface area contributed by atoms with E-state index in [0.717, 1.165) is 25.0 Å². The van der Waals surface area contributed by atoms with Gasteiger partial charge in [0.1, 0.15) is 0 Å². The Balaban J connectivity index is 2.09. The van der Waals surface area contributed by atoms with Gasteiger partial charge in [-0.3, -0.25) is 18.7 Å². The van der Waals surface area contributed by atoms with Crippen LogP contribution in [-0.4, -0.2) is 50.4 Å². The van der Waals surface area contributed by atoms with Crippen LogP contribution in [0.3, 0.4) is 0 Å². The van der Waals surface area contributed by atoms with E-state index in [1.54, 1.807) is 14.0 Å². The summed E-state index contributed by atoms with van der Waals surface area (Å²) in [6.45, 7) is 8.10. The van der Waals surface area contributed by atoms with Crippen molar-refractivity contribution in [3.05, 3.63) is 32.5 Å². The molecular formula is C22H34N6O4. The van der Waals surface area contributed by atoms with Crippen LogP contribution in [0.1, 0.15) is 46.5 Å². The lowest BCUT2D eigenvalue weighted by Gasteiger charge is -2.31. The number of ether oxygens (including phenoxy) is 1. The highest BCUT2D eigenvalue weighted by atomic mass is 16.5. The molecule has 32 heavy (non-hydrogen) atoms. The number of fused-ring (bicyclic) bond motifs is 1. The zero-order valence-corrected chi connectivity index (χ0v) is 19.5. The molecule has 1 unspecified atom stereocenters. The van der Waals surface area contributed by atoms with Crippen molar-refractivity contribution in [2.24, 2.45) is 12.8 Å². The minimum absolute atomic E-state index is 0.0452. The smallest absolute Gasteiger partial charge is 0.332 e. The SMILES string of the molecule is CCOC(=O)CCCn1c(=O)c2c(nc(N3CCCC(N)C3)n2CC=C(C)C)n(C)c1=O. The van der Waals surface area contributed by atoms with E-state index in [1.807, 2.05) is 24.5 Å². The average molecular weight is 447 g/mol. The Morgan fingerprint density at radius 1 is 1.28 bits per heavy atom. The van der Waals surface area contributed by atoms with Gasteiger partial charge in [-0.05, 0) is 40.0 Å². The van der Waals surface area contributed by atoms with Gasteiger partial charge in [-0.15, -0.1) is 0 Å². The van der Waals surface area contributed by atoms with Crippen LogP contribution in [0.2, 0.25) is 0 Å². The second-order valence-corrected chi connectivity index (χ2v) is 8.53. The van der Waals surface area contributed by atoms with Crippen LogP contribution in [0.5, 0.6) is 0 Å². The summed E-state index contributed by atoms with van der Waals surface area (Å²) >= 11 is 0. The third-order valence-corrected chi connectivity index (χ3v) is 5.70. The second-order valence-electron chi connectivity index (χ2n) is 8.53. The molecule has 2 aromatic heterocycles. The number of imidazole rings is 1. The Hall–Kier alpha value is -2.88. The third-order valence-electron chi connectivity index (χ3n) is 5.70. The highest BCUT2D eigenvalue weighted by molar-refractivity contribution is 5.75. The highest BCUT2D eigenvalue weighted by Crippen LogP contribution is 2.23. The van der Waals surface area contributed by atoms with Crippen LogP contribution >= 0.6 is 0 Å². The first-order chi connectivity index (χ1) is 15.2. The van der Waals surface area contributed by atoms with Gasteiger partial charge >= 0.3 is 11.7 Å². The van der Waals surface area contributed by atoms with Gasteiger partial charge in [0.15, 0.2) is 11.2 Å². The number of hydrogen-bond donors (Lipinski definition) is 1. The molecule has 2 aromatic rings. The highest BCUT2D eigenvalue weighted by Gasteiger charge is 2.26. The van der Waals surface area contributed by atoms with E-state index >= 15 is 0 Å². The van der Waals surface area contributed by atoms with E-state index < -0.39 is 11.2 Å². The number of carbonyl (C=O) groups is 1. The molecule has 1 atom stereocenters. The number of hydrogen-bond acceptors (Lipinski definition) is 7. The Morgan fingerprint density at radius 2 is 2.03 bits per heavy atom. The molecule has 3 rings (SSSR count). The Bertz CT molecular complexity index is 1120. The van der Waals surface area contributed by atoms with Gasteiger partial charge in [0.2, 0.25) is 5.95 Å². The molecule has 176 valence electrons. The predicted molar refractivity (Wildman–Crippen MR) is 124 cm³/mol. The number of anilines is 1. The molecule has 3 heterocycles. The fourth-order valence-corrected chi connectivity index (χ4v) is 4.05. The van der Waals surface area contributed by atoms with Gasteiger partial charge in [0.05, 0.1) is 6.61 Å². The van der Waals surface area contributed by atoms with E-state index in [2.05, 4.69) is 4.90 Å². The van der Waals surface area contributed by atoms with E-state index in [4.69, 9.17) is 15.5 Å². The zero-order valence-electron chi connectivity index (χ0n) is 19.5. The number of nitrogens with two attached hydrogens (primary N) is 1. The molecule has 0 spiro atoms. The Kier molecular flexibility index (Phi) is 7.55. The molecule has 10 nitrogen and oxygen atoms in total. The summed E-state index contributed by atoms with van der Waals surface area (Å²) in [5, 5.41) is 0. The molecule has 1 aliphatic heterocycles. The van der Waals surface area contributed by atoms with Crippen LogP contribution in [0.4, 0.5) is 5.95 Å². The van der Waals surface area contributed by atoms with Gasteiger partial charge in [-0.2, -0.15) is 4.98 Å². The molecule has 0 aromatic carbocycles. The van der Waals surface area contributed by atoms with Crippen molar-refractivity contribution in [3.63, 3.8) is 0 Å².